The number of esters is 1. The Balaban J connectivity index is 1.87. The predicted molar refractivity (Wildman–Crippen MR) is 147 cm³/mol. The number of anilines is 2. The molecule has 1 atom stereocenters. The van der Waals surface area contributed by atoms with Crippen molar-refractivity contribution >= 4 is 35.1 Å². The van der Waals surface area contributed by atoms with Crippen LogP contribution < -0.4 is 16.0 Å². The van der Waals surface area contributed by atoms with Crippen molar-refractivity contribution < 1.29 is 28.6 Å². The number of ether oxygens (including phenoxy) is 3. The van der Waals surface area contributed by atoms with Crippen LogP contribution in [0.15, 0.2) is 54.6 Å². The van der Waals surface area contributed by atoms with Crippen LogP contribution in [0.4, 0.5) is 21.0 Å². The molecule has 0 aromatic heterocycles. The van der Waals surface area contributed by atoms with E-state index < -0.39 is 35.4 Å². The summed E-state index contributed by atoms with van der Waals surface area (Å²) in [4.78, 5) is 38.1. The van der Waals surface area contributed by atoms with E-state index in [4.69, 9.17) is 14.2 Å². The topological polar surface area (TPSA) is 115 Å². The van der Waals surface area contributed by atoms with Crippen molar-refractivity contribution in [2.45, 2.75) is 71.8 Å². The molecule has 9 nitrogen and oxygen atoms in total. The molecule has 0 aliphatic carbocycles. The summed E-state index contributed by atoms with van der Waals surface area (Å²) in [5.74, 6) is -0.418. The van der Waals surface area contributed by atoms with Gasteiger partial charge in [-0.15, -0.1) is 0 Å². The molecule has 3 rings (SSSR count). The van der Waals surface area contributed by atoms with Crippen molar-refractivity contribution in [3.63, 3.8) is 0 Å². The Kier molecular flexibility index (Phi) is 9.17. The van der Waals surface area contributed by atoms with E-state index in [2.05, 4.69) is 16.0 Å². The predicted octanol–water partition coefficient (Wildman–Crippen LogP) is 5.87. The second kappa shape index (κ2) is 12.1. The van der Waals surface area contributed by atoms with Crippen LogP contribution in [0.25, 0.3) is 5.57 Å². The minimum atomic E-state index is -0.725. The number of amides is 2. The molecule has 0 bridgehead atoms. The zero-order valence-corrected chi connectivity index (χ0v) is 22.8. The highest BCUT2D eigenvalue weighted by Crippen LogP contribution is 2.33. The Hall–Kier alpha value is -3.85. The number of hydrogen-bond donors (Lipinski definition) is 3. The molecule has 204 valence electrons. The van der Waals surface area contributed by atoms with E-state index in [-0.39, 0.29) is 6.61 Å². The Morgan fingerprint density at radius 3 is 2.24 bits per heavy atom. The van der Waals surface area contributed by atoms with E-state index in [1.54, 1.807) is 39.0 Å². The third kappa shape index (κ3) is 8.92. The summed E-state index contributed by atoms with van der Waals surface area (Å²) in [7, 11) is 0. The van der Waals surface area contributed by atoms with Gasteiger partial charge in [-0.3, -0.25) is 10.6 Å². The first-order valence-corrected chi connectivity index (χ1v) is 12.6. The zero-order chi connectivity index (χ0) is 27.9. The molecule has 38 heavy (non-hydrogen) atoms. The minimum Gasteiger partial charge on any atom is -0.459 e. The summed E-state index contributed by atoms with van der Waals surface area (Å²) in [5, 5.41) is 8.67. The van der Waals surface area contributed by atoms with Gasteiger partial charge in [0.15, 0.2) is 0 Å². The van der Waals surface area contributed by atoms with E-state index in [1.165, 1.54) is 0 Å². The lowest BCUT2D eigenvalue weighted by Crippen LogP contribution is -2.44. The van der Waals surface area contributed by atoms with Crippen molar-refractivity contribution in [2.24, 2.45) is 0 Å². The molecule has 2 amide bonds. The molecule has 2 aromatic rings. The van der Waals surface area contributed by atoms with Crippen molar-refractivity contribution in [3.05, 3.63) is 65.7 Å². The van der Waals surface area contributed by atoms with E-state index in [1.807, 2.05) is 57.2 Å². The molecule has 0 fully saturated rings. The third-order valence-corrected chi connectivity index (χ3v) is 5.24. The quantitative estimate of drug-likeness (QED) is 0.320. The lowest BCUT2D eigenvalue weighted by molar-refractivity contribution is -0.155. The van der Waals surface area contributed by atoms with E-state index >= 15 is 0 Å². The highest BCUT2D eigenvalue weighted by Gasteiger charge is 2.32. The van der Waals surface area contributed by atoms with Crippen LogP contribution >= 0.6 is 0 Å². The van der Waals surface area contributed by atoms with E-state index in [9.17, 15) is 14.4 Å². The SMILES string of the molecule is CC(C)(C)OC(=O)Nc1cc(NC(=O)OCc2ccccc2)ccc1C1=CCCNC1C(=O)OC(C)(C)C. The second-order valence-electron chi connectivity index (χ2n) is 10.9. The summed E-state index contributed by atoms with van der Waals surface area (Å²) in [6.45, 7) is 11.4. The highest BCUT2D eigenvalue weighted by molar-refractivity contribution is 5.99. The smallest absolute Gasteiger partial charge is 0.412 e. The van der Waals surface area contributed by atoms with Crippen molar-refractivity contribution in [3.8, 4) is 0 Å². The fourth-order valence-corrected chi connectivity index (χ4v) is 3.79. The minimum absolute atomic E-state index is 0.115. The number of carbonyl (C=O) groups is 3. The number of hydrogen-bond acceptors (Lipinski definition) is 7. The average Bonchev–Trinajstić information content (AvgIpc) is 2.81. The summed E-state index contributed by atoms with van der Waals surface area (Å²) >= 11 is 0. The summed E-state index contributed by atoms with van der Waals surface area (Å²) < 4.78 is 16.4. The van der Waals surface area contributed by atoms with Crippen LogP contribution in [0.3, 0.4) is 0 Å². The molecule has 0 radical (unpaired) electrons. The number of rotatable bonds is 6. The first-order chi connectivity index (χ1) is 17.8. The lowest BCUT2D eigenvalue weighted by Gasteiger charge is -2.29. The maximum atomic E-state index is 13.0. The molecule has 0 saturated heterocycles. The molecular weight excluding hydrogens is 486 g/mol. The van der Waals surface area contributed by atoms with Gasteiger partial charge in [-0.25, -0.2) is 14.4 Å². The first-order valence-electron chi connectivity index (χ1n) is 12.6. The fraction of sp³-hybridized carbons (Fsp3) is 0.414. The van der Waals surface area contributed by atoms with Crippen LogP contribution in [0.5, 0.6) is 0 Å². The molecule has 0 saturated carbocycles. The van der Waals surface area contributed by atoms with Crippen LogP contribution in [0.2, 0.25) is 0 Å². The van der Waals surface area contributed by atoms with Gasteiger partial charge in [0.2, 0.25) is 0 Å². The monoisotopic (exact) mass is 523 g/mol. The highest BCUT2D eigenvalue weighted by atomic mass is 16.6. The molecule has 2 aromatic carbocycles. The van der Waals surface area contributed by atoms with Crippen molar-refractivity contribution in [1.82, 2.24) is 5.32 Å². The van der Waals surface area contributed by atoms with Gasteiger partial charge in [0.1, 0.15) is 23.9 Å². The number of nitrogens with one attached hydrogen (secondary N) is 3. The van der Waals surface area contributed by atoms with Gasteiger partial charge in [0, 0.05) is 11.3 Å². The summed E-state index contributed by atoms with van der Waals surface area (Å²) in [5.41, 5.74) is 1.51. The van der Waals surface area contributed by atoms with Gasteiger partial charge >= 0.3 is 18.2 Å². The molecule has 0 spiro atoms. The molecule has 1 aliphatic rings. The third-order valence-electron chi connectivity index (χ3n) is 5.24. The molecule has 9 heteroatoms. The Morgan fingerprint density at radius 1 is 0.895 bits per heavy atom. The van der Waals surface area contributed by atoms with Crippen molar-refractivity contribution in [1.29, 1.82) is 0 Å². The van der Waals surface area contributed by atoms with Crippen LogP contribution in [-0.2, 0) is 25.6 Å². The zero-order valence-electron chi connectivity index (χ0n) is 22.8. The molecular formula is C29H37N3O6. The summed E-state index contributed by atoms with van der Waals surface area (Å²) in [6, 6.07) is 13.6. The summed E-state index contributed by atoms with van der Waals surface area (Å²) in [6.07, 6.45) is 1.32. The maximum Gasteiger partial charge on any atom is 0.412 e. The largest absolute Gasteiger partial charge is 0.459 e. The van der Waals surface area contributed by atoms with Gasteiger partial charge in [-0.05, 0) is 77.8 Å². The number of benzene rings is 2. The van der Waals surface area contributed by atoms with Crippen LogP contribution in [0.1, 0.15) is 59.1 Å². The Morgan fingerprint density at radius 2 is 1.58 bits per heavy atom. The Bertz CT molecular complexity index is 1180. The standard InChI is InChI=1S/C29H37N3O6/c1-28(2,3)37-25(33)24-22(13-10-16-30-24)21-15-14-20(17-23(21)32-27(35)38-29(4,5)6)31-26(34)36-18-19-11-8-7-9-12-19/h7-9,11-15,17,24,30H,10,16,18H2,1-6H3,(H,31,34)(H,32,35). The van der Waals surface area contributed by atoms with Crippen LogP contribution in [0, 0.1) is 0 Å². The second-order valence-corrected chi connectivity index (χ2v) is 10.9. The van der Waals surface area contributed by atoms with Gasteiger partial charge in [0.25, 0.3) is 0 Å². The van der Waals surface area contributed by atoms with Gasteiger partial charge in [-0.1, -0.05) is 42.5 Å². The van der Waals surface area contributed by atoms with Crippen molar-refractivity contribution in [2.75, 3.05) is 17.2 Å². The molecule has 1 heterocycles. The number of carbonyl (C=O) groups excluding carboxylic acids is 3. The van der Waals surface area contributed by atoms with Crippen LogP contribution in [-0.4, -0.2) is 41.9 Å². The lowest BCUT2D eigenvalue weighted by atomic mass is 9.92. The van der Waals surface area contributed by atoms with E-state index in [0.29, 0.717) is 35.5 Å². The van der Waals surface area contributed by atoms with Gasteiger partial charge < -0.3 is 19.5 Å². The molecule has 1 unspecified atom stereocenters. The first kappa shape index (κ1) is 28.7. The molecule has 1 aliphatic heterocycles. The fourth-order valence-electron chi connectivity index (χ4n) is 3.79. The van der Waals surface area contributed by atoms with E-state index in [0.717, 1.165) is 5.56 Å². The maximum absolute atomic E-state index is 13.0. The van der Waals surface area contributed by atoms with Gasteiger partial charge in [-0.2, -0.15) is 0 Å². The average molecular weight is 524 g/mol. The van der Waals surface area contributed by atoms with Gasteiger partial charge in [0.05, 0.1) is 5.69 Å². The Labute approximate surface area is 223 Å². The normalized spacial score (nSPS) is 15.6. The molecule has 3 N–H and O–H groups in total.